The number of aliphatic hydroxyl groups excluding tert-OH is 1. The van der Waals surface area contributed by atoms with Gasteiger partial charge >= 0.3 is 0 Å². The largest absolute Gasteiger partial charge is 0.378 e. The molecular weight excluding hydrogens is 170 g/mol. The van der Waals surface area contributed by atoms with Gasteiger partial charge in [0.05, 0.1) is 0 Å². The number of hydrogen-bond acceptors (Lipinski definition) is 4. The molecule has 1 unspecified atom stereocenters. The highest BCUT2D eigenvalue weighted by Gasteiger charge is 2.13. The molecule has 0 aromatic heterocycles. The van der Waals surface area contributed by atoms with Crippen LogP contribution in [0.2, 0.25) is 0 Å². The van der Waals surface area contributed by atoms with Gasteiger partial charge < -0.3 is 16.3 Å². The van der Waals surface area contributed by atoms with Gasteiger partial charge in [-0.15, -0.1) is 0 Å². The van der Waals surface area contributed by atoms with Crippen molar-refractivity contribution in [3.8, 4) is 0 Å². The van der Waals surface area contributed by atoms with Crippen molar-refractivity contribution in [3.05, 3.63) is 29.8 Å². The van der Waals surface area contributed by atoms with Crippen LogP contribution in [0, 0.1) is 0 Å². The Labute approximate surface area is 75.3 Å². The Bertz CT molecular complexity index is 314. The summed E-state index contributed by atoms with van der Waals surface area (Å²) in [5.74, 6) is 4.36. The number of amides is 1. The second-order valence-corrected chi connectivity index (χ2v) is 2.57. The normalized spacial score (nSPS) is 12.2. The number of hydrazine groups is 1. The zero-order valence-corrected chi connectivity index (χ0v) is 6.90. The van der Waals surface area contributed by atoms with Crippen molar-refractivity contribution in [1.82, 2.24) is 0 Å². The maximum absolute atomic E-state index is 10.6. The molecule has 0 aliphatic heterocycles. The van der Waals surface area contributed by atoms with Crippen molar-refractivity contribution < 1.29 is 9.90 Å². The minimum Gasteiger partial charge on any atom is -0.378 e. The van der Waals surface area contributed by atoms with Crippen LogP contribution in [0.15, 0.2) is 24.3 Å². The van der Waals surface area contributed by atoms with Gasteiger partial charge in [0, 0.05) is 5.69 Å². The van der Waals surface area contributed by atoms with Crippen LogP contribution in [-0.4, -0.2) is 11.0 Å². The highest BCUT2D eigenvalue weighted by Crippen LogP contribution is 2.16. The van der Waals surface area contributed by atoms with E-state index < -0.39 is 12.0 Å². The zero-order chi connectivity index (χ0) is 9.84. The van der Waals surface area contributed by atoms with E-state index in [0.29, 0.717) is 11.3 Å². The van der Waals surface area contributed by atoms with Gasteiger partial charge in [-0.05, 0) is 17.7 Å². The quantitative estimate of drug-likeness (QED) is 0.372. The molecule has 1 amide bonds. The zero-order valence-electron chi connectivity index (χ0n) is 6.90. The second-order valence-electron chi connectivity index (χ2n) is 2.57. The van der Waals surface area contributed by atoms with Gasteiger partial charge in [0.25, 0.3) is 5.91 Å². The molecule has 0 fully saturated rings. The molecule has 1 aromatic carbocycles. The lowest BCUT2D eigenvalue weighted by Crippen LogP contribution is -2.21. The van der Waals surface area contributed by atoms with Crippen LogP contribution in [0.5, 0.6) is 0 Å². The number of anilines is 1. The Balaban J connectivity index is 2.94. The van der Waals surface area contributed by atoms with Crippen molar-refractivity contribution in [2.45, 2.75) is 6.10 Å². The fourth-order valence-electron chi connectivity index (χ4n) is 0.963. The fourth-order valence-corrected chi connectivity index (χ4v) is 0.963. The molecule has 13 heavy (non-hydrogen) atoms. The van der Waals surface area contributed by atoms with E-state index in [4.69, 9.17) is 11.6 Å². The first-order valence-corrected chi connectivity index (χ1v) is 3.69. The first kappa shape index (κ1) is 9.50. The molecule has 0 radical (unpaired) electrons. The first-order valence-electron chi connectivity index (χ1n) is 3.69. The Hall–Kier alpha value is -1.59. The third-order valence-electron chi connectivity index (χ3n) is 1.64. The van der Waals surface area contributed by atoms with E-state index in [1.165, 1.54) is 0 Å². The summed E-state index contributed by atoms with van der Waals surface area (Å²) in [4.78, 5) is 10.6. The Morgan fingerprint density at radius 1 is 1.54 bits per heavy atom. The molecule has 0 saturated carbocycles. The number of nitrogen functional groups attached to an aromatic ring is 1. The first-order chi connectivity index (χ1) is 6.15. The molecule has 0 heterocycles. The molecular formula is C8H11N3O2. The monoisotopic (exact) mass is 181 g/mol. The van der Waals surface area contributed by atoms with Gasteiger partial charge in [0.1, 0.15) is 0 Å². The molecule has 0 saturated heterocycles. The third-order valence-corrected chi connectivity index (χ3v) is 1.64. The van der Waals surface area contributed by atoms with Crippen molar-refractivity contribution in [1.29, 1.82) is 0 Å². The van der Waals surface area contributed by atoms with E-state index in [-0.39, 0.29) is 0 Å². The molecule has 70 valence electrons. The molecule has 0 aliphatic carbocycles. The van der Waals surface area contributed by atoms with Gasteiger partial charge in [-0.2, -0.15) is 0 Å². The van der Waals surface area contributed by atoms with Crippen LogP contribution < -0.4 is 17.0 Å². The molecule has 0 spiro atoms. The Morgan fingerprint density at radius 2 is 2.23 bits per heavy atom. The third kappa shape index (κ3) is 2.17. The predicted molar refractivity (Wildman–Crippen MR) is 48.4 cm³/mol. The van der Waals surface area contributed by atoms with Crippen molar-refractivity contribution in [3.63, 3.8) is 0 Å². The van der Waals surface area contributed by atoms with Crippen molar-refractivity contribution >= 4 is 11.6 Å². The number of rotatable bonds is 3. The van der Waals surface area contributed by atoms with E-state index in [1.807, 2.05) is 0 Å². The lowest BCUT2D eigenvalue weighted by atomic mass is 10.1. The smallest absolute Gasteiger partial charge is 0.250 e. The molecule has 1 atom stereocenters. The molecule has 1 aromatic rings. The summed E-state index contributed by atoms with van der Waals surface area (Å²) < 4.78 is 0. The molecule has 0 bridgehead atoms. The summed E-state index contributed by atoms with van der Waals surface area (Å²) in [7, 11) is 0. The molecule has 5 heteroatoms. The van der Waals surface area contributed by atoms with Crippen LogP contribution in [-0.2, 0) is 4.79 Å². The van der Waals surface area contributed by atoms with E-state index in [0.717, 1.165) is 0 Å². The van der Waals surface area contributed by atoms with Gasteiger partial charge in [-0.3, -0.25) is 10.6 Å². The van der Waals surface area contributed by atoms with E-state index in [9.17, 15) is 9.90 Å². The number of carbonyl (C=O) groups excluding carboxylic acids is 1. The van der Waals surface area contributed by atoms with Crippen LogP contribution >= 0.6 is 0 Å². The summed E-state index contributed by atoms with van der Waals surface area (Å²) in [6.07, 6.45) is -1.28. The van der Waals surface area contributed by atoms with E-state index in [2.05, 4.69) is 5.43 Å². The lowest BCUT2D eigenvalue weighted by Gasteiger charge is -2.07. The van der Waals surface area contributed by atoms with Gasteiger partial charge in [-0.25, -0.2) is 0 Å². The Kier molecular flexibility index (Phi) is 2.84. The number of nitrogens with two attached hydrogens (primary N) is 2. The minimum atomic E-state index is -1.28. The standard InChI is InChI=1S/C8H11N3O2/c9-8(13)7(12)5-2-1-3-6(4-5)11-10/h1-4,7,11-12H,10H2,(H2,9,13). The topological polar surface area (TPSA) is 101 Å². The van der Waals surface area contributed by atoms with Crippen molar-refractivity contribution in [2.75, 3.05) is 5.43 Å². The van der Waals surface area contributed by atoms with Crippen LogP contribution in [0.3, 0.4) is 0 Å². The average Bonchev–Trinajstić information content (AvgIpc) is 2.16. The number of benzene rings is 1. The molecule has 5 nitrogen and oxygen atoms in total. The summed E-state index contributed by atoms with van der Waals surface area (Å²) in [5.41, 5.74) is 8.35. The lowest BCUT2D eigenvalue weighted by molar-refractivity contribution is -0.126. The summed E-state index contributed by atoms with van der Waals surface area (Å²) in [5, 5.41) is 9.27. The highest BCUT2D eigenvalue weighted by atomic mass is 16.3. The summed E-state index contributed by atoms with van der Waals surface area (Å²) >= 11 is 0. The highest BCUT2D eigenvalue weighted by molar-refractivity contribution is 5.80. The van der Waals surface area contributed by atoms with E-state index >= 15 is 0 Å². The minimum absolute atomic E-state index is 0.419. The van der Waals surface area contributed by atoms with Gasteiger partial charge in [-0.1, -0.05) is 12.1 Å². The number of nitrogens with one attached hydrogen (secondary N) is 1. The summed E-state index contributed by atoms with van der Waals surface area (Å²) in [6, 6.07) is 6.51. The van der Waals surface area contributed by atoms with Gasteiger partial charge in [0.15, 0.2) is 6.10 Å². The maximum Gasteiger partial charge on any atom is 0.250 e. The predicted octanol–water partition coefficient (Wildman–Crippen LogP) is -0.509. The summed E-state index contributed by atoms with van der Waals surface area (Å²) in [6.45, 7) is 0. The average molecular weight is 181 g/mol. The Morgan fingerprint density at radius 3 is 2.77 bits per heavy atom. The maximum atomic E-state index is 10.6. The second kappa shape index (κ2) is 3.88. The van der Waals surface area contributed by atoms with E-state index in [1.54, 1.807) is 24.3 Å². The number of primary amides is 1. The van der Waals surface area contributed by atoms with Gasteiger partial charge in [0.2, 0.25) is 0 Å². The van der Waals surface area contributed by atoms with Crippen LogP contribution in [0.25, 0.3) is 0 Å². The SMILES string of the molecule is NNc1cccc(C(O)C(N)=O)c1. The number of hydrogen-bond donors (Lipinski definition) is 4. The number of carbonyl (C=O) groups is 1. The molecule has 6 N–H and O–H groups in total. The fraction of sp³-hybridized carbons (Fsp3) is 0.125. The number of aliphatic hydroxyl groups is 1. The molecule has 1 rings (SSSR count). The molecule has 0 aliphatic rings. The van der Waals surface area contributed by atoms with Crippen molar-refractivity contribution in [2.24, 2.45) is 11.6 Å². The van der Waals surface area contributed by atoms with Crippen LogP contribution in [0.1, 0.15) is 11.7 Å². The van der Waals surface area contributed by atoms with Crippen LogP contribution in [0.4, 0.5) is 5.69 Å².